The molecule has 2 aromatic heterocycles. The van der Waals surface area contributed by atoms with Crippen molar-refractivity contribution >= 4 is 34.3 Å². The van der Waals surface area contributed by atoms with Gasteiger partial charge in [0.2, 0.25) is 5.91 Å². The summed E-state index contributed by atoms with van der Waals surface area (Å²) in [6.07, 6.45) is 1.81. The molecule has 2 fully saturated rings. The van der Waals surface area contributed by atoms with Crippen molar-refractivity contribution in [1.82, 2.24) is 30.1 Å². The third kappa shape index (κ3) is 7.10. The van der Waals surface area contributed by atoms with Crippen LogP contribution in [-0.4, -0.2) is 89.6 Å². The lowest BCUT2D eigenvalue weighted by Crippen LogP contribution is -2.49. The van der Waals surface area contributed by atoms with E-state index >= 15 is 0 Å². The van der Waals surface area contributed by atoms with Crippen LogP contribution in [0.2, 0.25) is 0 Å². The van der Waals surface area contributed by atoms with Gasteiger partial charge < -0.3 is 15.0 Å². The summed E-state index contributed by atoms with van der Waals surface area (Å²) in [5.41, 5.74) is 7.79. The van der Waals surface area contributed by atoms with Crippen molar-refractivity contribution in [2.24, 2.45) is 0 Å². The minimum Gasteiger partial charge on any atom is -0.492 e. The van der Waals surface area contributed by atoms with Crippen molar-refractivity contribution in [3.63, 3.8) is 0 Å². The van der Waals surface area contributed by atoms with Gasteiger partial charge in [0.25, 0.3) is 0 Å². The third-order valence-corrected chi connectivity index (χ3v) is 9.34. The molecule has 5 aromatic rings. The lowest BCUT2D eigenvalue weighted by Gasteiger charge is -2.34. The van der Waals surface area contributed by atoms with E-state index in [1.807, 2.05) is 37.3 Å². The zero-order valence-electron chi connectivity index (χ0n) is 27.6. The lowest BCUT2D eigenvalue weighted by atomic mass is 10.0. The molecule has 49 heavy (non-hydrogen) atoms. The number of fused-ring (bicyclic) bond motifs is 1. The second kappa shape index (κ2) is 14.0. The maximum Gasteiger partial charge on any atom is 0.328 e. The topological polar surface area (TPSA) is 119 Å². The number of aromatic amines is 1. The second-order valence-electron chi connectivity index (χ2n) is 12.5. The van der Waals surface area contributed by atoms with Crippen molar-refractivity contribution in [1.29, 1.82) is 0 Å². The molecule has 2 saturated heterocycles. The number of aromatic nitrogens is 3. The maximum absolute atomic E-state index is 14.4. The highest BCUT2D eigenvalue weighted by atomic mass is 19.1. The number of hydrogen-bond acceptors (Lipinski definition) is 8. The van der Waals surface area contributed by atoms with E-state index in [0.717, 1.165) is 84.2 Å². The number of nitrogens with one attached hydrogen (secondary N) is 3. The summed E-state index contributed by atoms with van der Waals surface area (Å²) >= 11 is 0. The molecule has 3 aromatic carbocycles. The molecular weight excluding hydrogens is 623 g/mol. The highest BCUT2D eigenvalue weighted by molar-refractivity contribution is 6.05. The standard InChI is InChI=1S/C37H39FN8O3/c1-24-30(19-27(38)20-32(24)39-2)35-31-21-33(42-36(31)41-23-40-35)26-5-3-25(4-6-26)22-45-15-13-44(14-16-45)17-18-49-29-9-7-28(8-10-29)46-12-11-34(47)43-37(46)48/h3-10,19-21,23,39H,11-18,22H2,1-2H3,(H,40,41,42)(H,43,47,48). The van der Waals surface area contributed by atoms with Crippen LogP contribution in [-0.2, 0) is 11.3 Å². The Bertz CT molecular complexity index is 1970. The van der Waals surface area contributed by atoms with Gasteiger partial charge in [-0.3, -0.25) is 24.8 Å². The van der Waals surface area contributed by atoms with Crippen LogP contribution < -0.4 is 20.3 Å². The van der Waals surface area contributed by atoms with E-state index < -0.39 is 0 Å². The second-order valence-corrected chi connectivity index (χ2v) is 12.5. The number of carbonyl (C=O) groups is 2. The molecule has 3 amide bonds. The summed E-state index contributed by atoms with van der Waals surface area (Å²) in [6.45, 7) is 8.56. The largest absolute Gasteiger partial charge is 0.492 e. The zero-order chi connectivity index (χ0) is 33.9. The molecule has 0 saturated carbocycles. The van der Waals surface area contributed by atoms with Crippen LogP contribution >= 0.6 is 0 Å². The number of ether oxygens (including phenoxy) is 1. The van der Waals surface area contributed by atoms with E-state index in [2.05, 4.69) is 59.7 Å². The van der Waals surface area contributed by atoms with E-state index in [-0.39, 0.29) is 17.8 Å². The number of benzene rings is 3. The molecule has 12 heteroatoms. The number of H-pyrrole nitrogens is 1. The van der Waals surface area contributed by atoms with Gasteiger partial charge in [0, 0.05) is 87.3 Å². The lowest BCUT2D eigenvalue weighted by molar-refractivity contribution is -0.120. The molecule has 11 nitrogen and oxygen atoms in total. The fourth-order valence-electron chi connectivity index (χ4n) is 6.54. The monoisotopic (exact) mass is 662 g/mol. The van der Waals surface area contributed by atoms with Crippen molar-refractivity contribution in [3.8, 4) is 28.3 Å². The Kier molecular flexibility index (Phi) is 9.23. The Hall–Kier alpha value is -5.33. The van der Waals surface area contributed by atoms with Gasteiger partial charge in [-0.05, 0) is 66.1 Å². The van der Waals surface area contributed by atoms with Gasteiger partial charge in [0.1, 0.15) is 30.1 Å². The molecule has 0 spiro atoms. The van der Waals surface area contributed by atoms with E-state index in [4.69, 9.17) is 4.74 Å². The summed E-state index contributed by atoms with van der Waals surface area (Å²) in [5, 5.41) is 6.26. The summed E-state index contributed by atoms with van der Waals surface area (Å²) in [4.78, 5) is 42.3. The molecular formula is C37H39FN8O3. The molecule has 7 rings (SSSR count). The Morgan fingerprint density at radius 1 is 0.918 bits per heavy atom. The molecule has 2 aliphatic heterocycles. The molecule has 0 bridgehead atoms. The van der Waals surface area contributed by atoms with Gasteiger partial charge in [-0.1, -0.05) is 24.3 Å². The van der Waals surface area contributed by atoms with Crippen molar-refractivity contribution in [2.45, 2.75) is 19.9 Å². The van der Waals surface area contributed by atoms with E-state index in [1.165, 1.54) is 24.0 Å². The summed E-state index contributed by atoms with van der Waals surface area (Å²) < 4.78 is 20.4. The first kappa shape index (κ1) is 32.2. The van der Waals surface area contributed by atoms with Gasteiger partial charge in [-0.15, -0.1) is 0 Å². The molecule has 0 unspecified atom stereocenters. The van der Waals surface area contributed by atoms with Crippen molar-refractivity contribution in [3.05, 3.63) is 90.0 Å². The number of halogens is 1. The molecule has 0 atom stereocenters. The smallest absolute Gasteiger partial charge is 0.328 e. The highest BCUT2D eigenvalue weighted by Gasteiger charge is 2.24. The van der Waals surface area contributed by atoms with Gasteiger partial charge in [0.15, 0.2) is 0 Å². The fourth-order valence-corrected chi connectivity index (χ4v) is 6.54. The number of rotatable bonds is 10. The van der Waals surface area contributed by atoms with Gasteiger partial charge in [-0.25, -0.2) is 19.2 Å². The van der Waals surface area contributed by atoms with Crippen LogP contribution in [0.25, 0.3) is 33.5 Å². The van der Waals surface area contributed by atoms with Gasteiger partial charge in [-0.2, -0.15) is 0 Å². The number of hydrogen-bond donors (Lipinski definition) is 3. The van der Waals surface area contributed by atoms with Crippen LogP contribution in [0.5, 0.6) is 5.75 Å². The minimum atomic E-state index is -0.390. The predicted molar refractivity (Wildman–Crippen MR) is 188 cm³/mol. The van der Waals surface area contributed by atoms with Crippen LogP contribution in [0.1, 0.15) is 17.5 Å². The Balaban J connectivity index is 0.902. The number of urea groups is 1. The Labute approximate surface area is 284 Å². The van der Waals surface area contributed by atoms with E-state index in [1.54, 1.807) is 11.9 Å². The van der Waals surface area contributed by atoms with E-state index in [0.29, 0.717) is 30.9 Å². The van der Waals surface area contributed by atoms with Gasteiger partial charge >= 0.3 is 6.03 Å². The number of carbonyl (C=O) groups excluding carboxylic acids is 2. The van der Waals surface area contributed by atoms with Crippen LogP contribution in [0.4, 0.5) is 20.6 Å². The van der Waals surface area contributed by atoms with Crippen molar-refractivity contribution < 1.29 is 18.7 Å². The SMILES string of the molecule is CNc1cc(F)cc(-c2ncnc3[nH]c(-c4ccc(CN5CCN(CCOc6ccc(N7CCC(=O)NC7=O)cc6)CC5)cc4)cc23)c1C. The molecule has 0 aliphatic carbocycles. The highest BCUT2D eigenvalue weighted by Crippen LogP contribution is 2.34. The average Bonchev–Trinajstić information content (AvgIpc) is 3.56. The first-order valence-electron chi connectivity index (χ1n) is 16.5. The third-order valence-electron chi connectivity index (χ3n) is 9.34. The minimum absolute atomic E-state index is 0.242. The summed E-state index contributed by atoms with van der Waals surface area (Å²) in [5.74, 6) is 0.197. The molecule has 2 aliphatic rings. The molecule has 0 radical (unpaired) electrons. The number of piperazine rings is 1. The molecule has 252 valence electrons. The normalized spacial score (nSPS) is 15.9. The first-order valence-corrected chi connectivity index (χ1v) is 16.5. The Morgan fingerprint density at radius 2 is 1.67 bits per heavy atom. The zero-order valence-corrected chi connectivity index (χ0v) is 27.6. The number of imide groups is 1. The van der Waals surface area contributed by atoms with Crippen LogP contribution in [0, 0.1) is 12.7 Å². The Morgan fingerprint density at radius 3 is 2.41 bits per heavy atom. The van der Waals surface area contributed by atoms with Crippen LogP contribution in [0.3, 0.4) is 0 Å². The quantitative estimate of drug-likeness (QED) is 0.181. The first-order chi connectivity index (χ1) is 23.8. The maximum atomic E-state index is 14.4. The number of anilines is 2. The van der Waals surface area contributed by atoms with Crippen molar-refractivity contribution in [2.75, 3.05) is 63.1 Å². The average molecular weight is 663 g/mol. The summed E-state index contributed by atoms with van der Waals surface area (Å²) in [7, 11) is 1.78. The van der Waals surface area contributed by atoms with Gasteiger partial charge in [0.05, 0.1) is 5.69 Å². The molecule has 3 N–H and O–H groups in total. The van der Waals surface area contributed by atoms with E-state index in [9.17, 15) is 14.0 Å². The summed E-state index contributed by atoms with van der Waals surface area (Å²) in [6, 6.07) is 20.7. The predicted octanol–water partition coefficient (Wildman–Crippen LogP) is 5.42. The number of nitrogens with zero attached hydrogens (tertiary/aromatic N) is 5. The molecule has 4 heterocycles. The van der Waals surface area contributed by atoms with Crippen LogP contribution in [0.15, 0.2) is 73.1 Å². The fraction of sp³-hybridized carbons (Fsp3) is 0.297. The number of amides is 3.